The molecule has 0 spiro atoms. The number of halogens is 1. The Labute approximate surface area is 203 Å². The number of aromatic nitrogens is 3. The molecule has 166 valence electrons. The van der Waals surface area contributed by atoms with Crippen LogP contribution in [0, 0.1) is 0 Å². The highest BCUT2D eigenvalue weighted by Crippen LogP contribution is 2.36. The molecule has 5 rings (SSSR count). The smallest absolute Gasteiger partial charge is 0.215 e. The van der Waals surface area contributed by atoms with Gasteiger partial charge in [0.15, 0.2) is 0 Å². The van der Waals surface area contributed by atoms with E-state index in [9.17, 15) is 0 Å². The lowest BCUT2D eigenvalue weighted by Gasteiger charge is -2.09. The summed E-state index contributed by atoms with van der Waals surface area (Å²) in [7, 11) is 0. The van der Waals surface area contributed by atoms with E-state index >= 15 is 0 Å². The normalized spacial score (nSPS) is 11.3. The Bertz CT molecular complexity index is 1330. The molecule has 0 atom stereocenters. The standard InChI is InChI=1S/C29H28BrN3/c1-2-3-4-11-20-32-26(22-16-18-25(30)19-17-22)21-33-28(24-14-9-6-10-15-24)27(31-29(32)33)23-12-7-5-8-13-23/h5-10,12-19,21H,2-4,11,20H2,1H3. The van der Waals surface area contributed by atoms with Gasteiger partial charge in [-0.05, 0) is 24.1 Å². The number of nitrogens with zero attached hydrogens (tertiary/aromatic N) is 3. The monoisotopic (exact) mass is 497 g/mol. The van der Waals surface area contributed by atoms with Crippen LogP contribution in [0.4, 0.5) is 0 Å². The Morgan fingerprint density at radius 2 is 1.39 bits per heavy atom. The summed E-state index contributed by atoms with van der Waals surface area (Å²) in [6.07, 6.45) is 7.15. The summed E-state index contributed by atoms with van der Waals surface area (Å²) in [5, 5.41) is 0. The Kier molecular flexibility index (Phi) is 6.45. The number of unbranched alkanes of at least 4 members (excludes halogenated alkanes) is 3. The zero-order valence-electron chi connectivity index (χ0n) is 18.9. The van der Waals surface area contributed by atoms with E-state index in [1.54, 1.807) is 0 Å². The molecule has 3 nitrogen and oxygen atoms in total. The second-order valence-corrected chi connectivity index (χ2v) is 9.36. The SMILES string of the molecule is CCCCCCn1c(-c2ccc(Br)cc2)cn2c(-c3ccccc3)c(-c3ccccc3)nc12. The molecule has 0 unspecified atom stereocenters. The Hall–Kier alpha value is -3.11. The van der Waals surface area contributed by atoms with Crippen LogP contribution in [-0.2, 0) is 6.54 Å². The summed E-state index contributed by atoms with van der Waals surface area (Å²) in [5.74, 6) is 1.00. The second kappa shape index (κ2) is 9.80. The van der Waals surface area contributed by atoms with Crippen LogP contribution in [0.2, 0.25) is 0 Å². The van der Waals surface area contributed by atoms with E-state index in [4.69, 9.17) is 4.98 Å². The Morgan fingerprint density at radius 1 is 0.727 bits per heavy atom. The third-order valence-corrected chi connectivity index (χ3v) is 6.67. The van der Waals surface area contributed by atoms with E-state index in [2.05, 4.69) is 123 Å². The average Bonchev–Trinajstić information content (AvgIpc) is 3.40. The molecule has 5 aromatic rings. The first kappa shape index (κ1) is 21.7. The average molecular weight is 498 g/mol. The van der Waals surface area contributed by atoms with E-state index in [1.165, 1.54) is 36.1 Å². The van der Waals surface area contributed by atoms with Gasteiger partial charge >= 0.3 is 0 Å². The second-order valence-electron chi connectivity index (χ2n) is 8.44. The lowest BCUT2D eigenvalue weighted by atomic mass is 10.0. The van der Waals surface area contributed by atoms with Crippen molar-refractivity contribution in [1.29, 1.82) is 0 Å². The van der Waals surface area contributed by atoms with Crippen molar-refractivity contribution in [2.24, 2.45) is 0 Å². The summed E-state index contributed by atoms with van der Waals surface area (Å²) < 4.78 is 5.78. The molecule has 4 heteroatoms. The maximum Gasteiger partial charge on any atom is 0.215 e. The van der Waals surface area contributed by atoms with Crippen molar-refractivity contribution in [3.63, 3.8) is 0 Å². The molecule has 0 radical (unpaired) electrons. The number of benzene rings is 3. The van der Waals surface area contributed by atoms with Gasteiger partial charge in [0.2, 0.25) is 5.78 Å². The van der Waals surface area contributed by atoms with Gasteiger partial charge in [-0.15, -0.1) is 0 Å². The predicted molar refractivity (Wildman–Crippen MR) is 141 cm³/mol. The third kappa shape index (κ3) is 4.40. The van der Waals surface area contributed by atoms with Crippen molar-refractivity contribution in [3.05, 3.63) is 95.6 Å². The van der Waals surface area contributed by atoms with Gasteiger partial charge in [-0.2, -0.15) is 0 Å². The number of hydrogen-bond acceptors (Lipinski definition) is 1. The molecular weight excluding hydrogens is 470 g/mol. The zero-order valence-corrected chi connectivity index (χ0v) is 20.5. The van der Waals surface area contributed by atoms with Gasteiger partial charge in [0.1, 0.15) is 0 Å². The van der Waals surface area contributed by atoms with Crippen LogP contribution in [0.1, 0.15) is 32.6 Å². The summed E-state index contributed by atoms with van der Waals surface area (Å²) in [5.41, 5.74) is 6.90. The molecule has 33 heavy (non-hydrogen) atoms. The predicted octanol–water partition coefficient (Wildman–Crippen LogP) is 8.48. The number of imidazole rings is 2. The highest BCUT2D eigenvalue weighted by molar-refractivity contribution is 9.10. The van der Waals surface area contributed by atoms with Crippen LogP contribution in [-0.4, -0.2) is 14.0 Å². The van der Waals surface area contributed by atoms with Gasteiger partial charge in [0.05, 0.1) is 17.1 Å². The van der Waals surface area contributed by atoms with Crippen LogP contribution in [0.15, 0.2) is 95.6 Å². The third-order valence-electron chi connectivity index (χ3n) is 6.15. The Morgan fingerprint density at radius 3 is 2.06 bits per heavy atom. The Balaban J connectivity index is 1.73. The van der Waals surface area contributed by atoms with E-state index < -0.39 is 0 Å². The molecule has 0 amide bonds. The topological polar surface area (TPSA) is 22.2 Å². The minimum Gasteiger partial charge on any atom is -0.310 e. The van der Waals surface area contributed by atoms with Crippen LogP contribution >= 0.6 is 15.9 Å². The van der Waals surface area contributed by atoms with Gasteiger partial charge < -0.3 is 4.57 Å². The first-order chi connectivity index (χ1) is 16.3. The van der Waals surface area contributed by atoms with Crippen LogP contribution in [0.5, 0.6) is 0 Å². The first-order valence-corrected chi connectivity index (χ1v) is 12.5. The zero-order chi connectivity index (χ0) is 22.6. The number of rotatable bonds is 8. The van der Waals surface area contributed by atoms with Crippen LogP contribution in [0.25, 0.3) is 39.5 Å². The number of hydrogen-bond donors (Lipinski definition) is 0. The highest BCUT2D eigenvalue weighted by Gasteiger charge is 2.21. The largest absolute Gasteiger partial charge is 0.310 e. The van der Waals surface area contributed by atoms with Crippen LogP contribution in [0.3, 0.4) is 0 Å². The van der Waals surface area contributed by atoms with Crippen molar-refractivity contribution < 1.29 is 0 Å². The molecule has 0 saturated heterocycles. The fourth-order valence-corrected chi connectivity index (χ4v) is 4.73. The first-order valence-electron chi connectivity index (χ1n) is 11.7. The molecule has 0 fully saturated rings. The maximum atomic E-state index is 5.24. The summed E-state index contributed by atoms with van der Waals surface area (Å²) in [6, 6.07) is 29.7. The fraction of sp³-hybridized carbons (Fsp3) is 0.207. The molecule has 0 aliphatic rings. The van der Waals surface area contributed by atoms with Gasteiger partial charge in [-0.25, -0.2) is 4.98 Å². The molecule has 0 N–H and O–H groups in total. The lowest BCUT2D eigenvalue weighted by molar-refractivity contribution is 0.593. The number of fused-ring (bicyclic) bond motifs is 1. The number of aryl methyl sites for hydroxylation is 1. The van der Waals surface area contributed by atoms with E-state index in [-0.39, 0.29) is 0 Å². The van der Waals surface area contributed by atoms with E-state index in [0.29, 0.717) is 0 Å². The van der Waals surface area contributed by atoms with Crippen molar-refractivity contribution >= 4 is 21.7 Å². The van der Waals surface area contributed by atoms with Crippen molar-refractivity contribution in [1.82, 2.24) is 14.0 Å². The molecule has 0 bridgehead atoms. The summed E-state index contributed by atoms with van der Waals surface area (Å²) >= 11 is 3.58. The highest BCUT2D eigenvalue weighted by atomic mass is 79.9. The van der Waals surface area contributed by atoms with E-state index in [1.807, 2.05) is 0 Å². The quantitative estimate of drug-likeness (QED) is 0.197. The van der Waals surface area contributed by atoms with Gasteiger partial charge in [0, 0.05) is 28.3 Å². The fourth-order valence-electron chi connectivity index (χ4n) is 4.47. The summed E-state index contributed by atoms with van der Waals surface area (Å²) in [4.78, 5) is 5.24. The molecular formula is C29H28BrN3. The molecule has 0 aliphatic heterocycles. The molecule has 2 aromatic heterocycles. The summed E-state index contributed by atoms with van der Waals surface area (Å²) in [6.45, 7) is 3.22. The van der Waals surface area contributed by atoms with Crippen molar-refractivity contribution in [2.45, 2.75) is 39.2 Å². The molecule has 3 aromatic carbocycles. The van der Waals surface area contributed by atoms with Gasteiger partial charge in [-0.3, -0.25) is 4.40 Å². The molecule has 2 heterocycles. The van der Waals surface area contributed by atoms with Gasteiger partial charge in [0.25, 0.3) is 0 Å². The van der Waals surface area contributed by atoms with Crippen molar-refractivity contribution in [2.75, 3.05) is 0 Å². The van der Waals surface area contributed by atoms with Crippen molar-refractivity contribution in [3.8, 4) is 33.8 Å². The van der Waals surface area contributed by atoms with Crippen LogP contribution < -0.4 is 0 Å². The maximum absolute atomic E-state index is 5.24. The van der Waals surface area contributed by atoms with E-state index in [0.717, 1.165) is 40.2 Å². The molecule has 0 aliphatic carbocycles. The molecule has 0 saturated carbocycles. The minimum absolute atomic E-state index is 0.960. The lowest BCUT2D eigenvalue weighted by Crippen LogP contribution is -2.01. The minimum atomic E-state index is 0.960. The van der Waals surface area contributed by atoms with Gasteiger partial charge in [-0.1, -0.05) is 115 Å².